The maximum atomic E-state index is 12.8. The molecular formula is C23H33N5O3. The number of morpholine rings is 1. The molecule has 0 saturated carbocycles. The SMILES string of the molecule is CC(C)(CNC(=O)N1CCN(C(=O)Cc2c[nH]c3ccccc23)CC1)N1CCOCC1. The third kappa shape index (κ3) is 5.02. The monoisotopic (exact) mass is 427 g/mol. The van der Waals surface area contributed by atoms with Gasteiger partial charge in [-0.1, -0.05) is 18.2 Å². The lowest BCUT2D eigenvalue weighted by Gasteiger charge is -2.41. The lowest BCUT2D eigenvalue weighted by Crippen LogP contribution is -2.58. The molecule has 3 amide bonds. The van der Waals surface area contributed by atoms with Crippen LogP contribution in [-0.4, -0.2) is 96.2 Å². The van der Waals surface area contributed by atoms with Crippen LogP contribution in [-0.2, 0) is 16.0 Å². The lowest BCUT2D eigenvalue weighted by atomic mass is 10.0. The number of aromatic amines is 1. The normalized spacial score (nSPS) is 18.4. The molecule has 8 nitrogen and oxygen atoms in total. The fourth-order valence-corrected chi connectivity index (χ4v) is 4.40. The van der Waals surface area contributed by atoms with Gasteiger partial charge in [0.1, 0.15) is 0 Å². The van der Waals surface area contributed by atoms with Crippen molar-refractivity contribution in [2.24, 2.45) is 0 Å². The van der Waals surface area contributed by atoms with Gasteiger partial charge in [-0.25, -0.2) is 4.79 Å². The Morgan fingerprint density at radius 2 is 1.71 bits per heavy atom. The van der Waals surface area contributed by atoms with E-state index in [1.165, 1.54) is 0 Å². The summed E-state index contributed by atoms with van der Waals surface area (Å²) in [7, 11) is 0. The number of aromatic nitrogens is 1. The smallest absolute Gasteiger partial charge is 0.317 e. The van der Waals surface area contributed by atoms with E-state index in [4.69, 9.17) is 4.74 Å². The van der Waals surface area contributed by atoms with Crippen molar-refractivity contribution >= 4 is 22.8 Å². The molecule has 2 fully saturated rings. The largest absolute Gasteiger partial charge is 0.379 e. The van der Waals surface area contributed by atoms with Gasteiger partial charge < -0.3 is 24.8 Å². The highest BCUT2D eigenvalue weighted by Crippen LogP contribution is 2.19. The van der Waals surface area contributed by atoms with Gasteiger partial charge in [0.05, 0.1) is 19.6 Å². The Hall–Kier alpha value is -2.58. The Bertz CT molecular complexity index is 911. The van der Waals surface area contributed by atoms with Gasteiger partial charge in [-0.2, -0.15) is 0 Å². The van der Waals surface area contributed by atoms with Crippen LogP contribution in [0.3, 0.4) is 0 Å². The molecule has 1 aromatic heterocycles. The third-order valence-corrected chi connectivity index (χ3v) is 6.48. The maximum absolute atomic E-state index is 12.8. The summed E-state index contributed by atoms with van der Waals surface area (Å²) in [5.41, 5.74) is 1.95. The molecule has 0 unspecified atom stereocenters. The summed E-state index contributed by atoms with van der Waals surface area (Å²) >= 11 is 0. The zero-order valence-corrected chi connectivity index (χ0v) is 18.5. The number of rotatable bonds is 5. The van der Waals surface area contributed by atoms with Crippen LogP contribution < -0.4 is 5.32 Å². The van der Waals surface area contributed by atoms with E-state index in [-0.39, 0.29) is 17.5 Å². The summed E-state index contributed by atoms with van der Waals surface area (Å²) in [6.07, 6.45) is 2.30. The molecule has 4 rings (SSSR count). The van der Waals surface area contributed by atoms with Crippen LogP contribution in [0.4, 0.5) is 4.79 Å². The highest BCUT2D eigenvalue weighted by atomic mass is 16.5. The summed E-state index contributed by atoms with van der Waals surface area (Å²) < 4.78 is 5.43. The molecule has 3 heterocycles. The number of nitrogens with one attached hydrogen (secondary N) is 2. The summed E-state index contributed by atoms with van der Waals surface area (Å²) in [5, 5.41) is 4.18. The van der Waals surface area contributed by atoms with Crippen molar-refractivity contribution in [1.29, 1.82) is 0 Å². The van der Waals surface area contributed by atoms with Crippen LogP contribution in [0.15, 0.2) is 30.5 Å². The average Bonchev–Trinajstić information content (AvgIpc) is 3.21. The van der Waals surface area contributed by atoms with Crippen LogP contribution >= 0.6 is 0 Å². The second-order valence-corrected chi connectivity index (χ2v) is 8.97. The molecule has 0 aliphatic carbocycles. The minimum atomic E-state index is -0.115. The quantitative estimate of drug-likeness (QED) is 0.761. The first-order valence-corrected chi connectivity index (χ1v) is 11.1. The number of urea groups is 1. The lowest BCUT2D eigenvalue weighted by molar-refractivity contribution is -0.131. The number of para-hydroxylation sites is 1. The van der Waals surface area contributed by atoms with E-state index < -0.39 is 0 Å². The topological polar surface area (TPSA) is 80.9 Å². The summed E-state index contributed by atoms with van der Waals surface area (Å²) in [5.74, 6) is 0.110. The van der Waals surface area contributed by atoms with Crippen molar-refractivity contribution in [3.05, 3.63) is 36.0 Å². The second-order valence-electron chi connectivity index (χ2n) is 8.97. The van der Waals surface area contributed by atoms with E-state index in [0.29, 0.717) is 39.1 Å². The molecule has 1 aromatic carbocycles. The van der Waals surface area contributed by atoms with E-state index in [1.54, 1.807) is 0 Å². The van der Waals surface area contributed by atoms with Gasteiger partial charge in [0.15, 0.2) is 0 Å². The zero-order chi connectivity index (χ0) is 21.8. The van der Waals surface area contributed by atoms with E-state index in [9.17, 15) is 9.59 Å². The standard InChI is InChI=1S/C23H33N5O3/c1-23(2,28-11-13-31-14-12-28)17-25-22(30)27-9-7-26(8-10-27)21(29)15-18-16-24-20-6-4-3-5-19(18)20/h3-6,16,24H,7-15,17H2,1-2H3,(H,25,30). The molecular weight excluding hydrogens is 394 g/mol. The Morgan fingerprint density at radius 3 is 2.45 bits per heavy atom. The fourth-order valence-electron chi connectivity index (χ4n) is 4.40. The summed E-state index contributed by atoms with van der Waals surface area (Å²) in [6.45, 7) is 10.4. The van der Waals surface area contributed by atoms with Crippen molar-refractivity contribution in [2.45, 2.75) is 25.8 Å². The second kappa shape index (κ2) is 9.28. The maximum Gasteiger partial charge on any atom is 0.317 e. The fraction of sp³-hybridized carbons (Fsp3) is 0.565. The van der Waals surface area contributed by atoms with E-state index in [0.717, 1.165) is 42.8 Å². The van der Waals surface area contributed by atoms with Crippen LogP contribution in [0.2, 0.25) is 0 Å². The Morgan fingerprint density at radius 1 is 1.03 bits per heavy atom. The van der Waals surface area contributed by atoms with Crippen molar-refractivity contribution in [3.63, 3.8) is 0 Å². The molecule has 168 valence electrons. The summed E-state index contributed by atoms with van der Waals surface area (Å²) in [4.78, 5) is 34.7. The number of hydrogen-bond acceptors (Lipinski definition) is 4. The van der Waals surface area contributed by atoms with Crippen molar-refractivity contribution in [1.82, 2.24) is 25.0 Å². The Labute approximate surface area is 183 Å². The molecule has 8 heteroatoms. The van der Waals surface area contributed by atoms with Gasteiger partial charge in [-0.15, -0.1) is 0 Å². The number of nitrogens with zero attached hydrogens (tertiary/aromatic N) is 3. The first-order valence-electron chi connectivity index (χ1n) is 11.1. The molecule has 2 saturated heterocycles. The molecule has 2 N–H and O–H groups in total. The van der Waals surface area contributed by atoms with Crippen LogP contribution in [0.5, 0.6) is 0 Å². The van der Waals surface area contributed by atoms with Gasteiger partial charge in [-0.05, 0) is 25.5 Å². The van der Waals surface area contributed by atoms with Crippen LogP contribution in [0.1, 0.15) is 19.4 Å². The molecule has 2 aromatic rings. The zero-order valence-electron chi connectivity index (χ0n) is 18.5. The number of amides is 3. The predicted octanol–water partition coefficient (Wildman–Crippen LogP) is 1.68. The van der Waals surface area contributed by atoms with Gasteiger partial charge in [-0.3, -0.25) is 9.69 Å². The van der Waals surface area contributed by atoms with Crippen LogP contribution in [0.25, 0.3) is 10.9 Å². The number of fused-ring (bicyclic) bond motifs is 1. The van der Waals surface area contributed by atoms with Crippen molar-refractivity contribution in [2.75, 3.05) is 59.0 Å². The van der Waals surface area contributed by atoms with E-state index in [2.05, 4.69) is 29.0 Å². The number of ether oxygens (including phenoxy) is 1. The number of H-pyrrole nitrogens is 1. The molecule has 31 heavy (non-hydrogen) atoms. The Balaban J connectivity index is 1.24. The first-order chi connectivity index (χ1) is 14.9. The highest BCUT2D eigenvalue weighted by molar-refractivity contribution is 5.89. The third-order valence-electron chi connectivity index (χ3n) is 6.48. The van der Waals surface area contributed by atoms with Gasteiger partial charge in [0, 0.05) is 68.5 Å². The average molecular weight is 428 g/mol. The van der Waals surface area contributed by atoms with Gasteiger partial charge in [0.25, 0.3) is 0 Å². The molecule has 2 aliphatic heterocycles. The molecule has 2 aliphatic rings. The number of carbonyl (C=O) groups excluding carboxylic acids is 2. The van der Waals surface area contributed by atoms with Crippen molar-refractivity contribution < 1.29 is 14.3 Å². The molecule has 0 radical (unpaired) electrons. The minimum absolute atomic E-state index is 0.0509. The Kier molecular flexibility index (Phi) is 6.48. The van der Waals surface area contributed by atoms with Crippen molar-refractivity contribution in [3.8, 4) is 0 Å². The number of hydrogen-bond donors (Lipinski definition) is 2. The van der Waals surface area contributed by atoms with Gasteiger partial charge >= 0.3 is 6.03 Å². The molecule has 0 spiro atoms. The first kappa shape index (κ1) is 21.6. The summed E-state index contributed by atoms with van der Waals surface area (Å²) in [6, 6.07) is 7.97. The number of benzene rings is 1. The van der Waals surface area contributed by atoms with Gasteiger partial charge in [0.2, 0.25) is 5.91 Å². The number of piperazine rings is 1. The molecule has 0 bridgehead atoms. The molecule has 0 atom stereocenters. The van der Waals surface area contributed by atoms with E-state index >= 15 is 0 Å². The minimum Gasteiger partial charge on any atom is -0.379 e. The highest BCUT2D eigenvalue weighted by Gasteiger charge is 2.30. The predicted molar refractivity (Wildman–Crippen MR) is 120 cm³/mol. The van der Waals surface area contributed by atoms with E-state index in [1.807, 2.05) is 40.3 Å². The van der Waals surface area contributed by atoms with Crippen LogP contribution in [0, 0.1) is 0 Å². The number of carbonyl (C=O) groups is 2.